The van der Waals surface area contributed by atoms with E-state index in [0.29, 0.717) is 17.3 Å². The first-order chi connectivity index (χ1) is 7.79. The van der Waals surface area contributed by atoms with Gasteiger partial charge in [-0.3, -0.25) is 4.98 Å². The van der Waals surface area contributed by atoms with Crippen LogP contribution in [0.4, 0.5) is 5.82 Å². The molecule has 0 aliphatic heterocycles. The van der Waals surface area contributed by atoms with E-state index in [1.807, 2.05) is 12.3 Å². The number of nitrogens with two attached hydrogens (primary N) is 1. The van der Waals surface area contributed by atoms with Gasteiger partial charge in [0.15, 0.2) is 11.6 Å². The number of anilines is 1. The lowest BCUT2D eigenvalue weighted by molar-refractivity contribution is 0.480. The number of ether oxygens (including phenoxy) is 1. The van der Waals surface area contributed by atoms with Crippen molar-refractivity contribution in [1.29, 1.82) is 0 Å². The molecule has 0 spiro atoms. The standard InChI is InChI=1S/C12H13N3O/c1-2-9-6-10(8-14-7-9)16-11-4-3-5-15-12(11)13/h3-8H,2H2,1H3,(H2,13,15). The lowest BCUT2D eigenvalue weighted by atomic mass is 10.2. The van der Waals surface area contributed by atoms with Crippen molar-refractivity contribution in [2.75, 3.05) is 5.73 Å². The number of aryl methyl sites for hydroxylation is 1. The van der Waals surface area contributed by atoms with Crippen molar-refractivity contribution in [3.05, 3.63) is 42.4 Å². The SMILES string of the molecule is CCc1cncc(Oc2cccnc2N)c1. The smallest absolute Gasteiger partial charge is 0.169 e. The number of rotatable bonds is 3. The number of aromatic nitrogens is 2. The van der Waals surface area contributed by atoms with Gasteiger partial charge in [-0.15, -0.1) is 0 Å². The second kappa shape index (κ2) is 4.61. The highest BCUT2D eigenvalue weighted by molar-refractivity contribution is 5.47. The maximum Gasteiger partial charge on any atom is 0.169 e. The zero-order chi connectivity index (χ0) is 11.4. The lowest BCUT2D eigenvalue weighted by Crippen LogP contribution is -1.95. The van der Waals surface area contributed by atoms with Gasteiger partial charge in [0.1, 0.15) is 5.75 Å². The molecule has 0 amide bonds. The van der Waals surface area contributed by atoms with Crippen LogP contribution in [0.3, 0.4) is 0 Å². The Labute approximate surface area is 94.1 Å². The molecule has 2 rings (SSSR count). The van der Waals surface area contributed by atoms with Crippen molar-refractivity contribution in [3.63, 3.8) is 0 Å². The van der Waals surface area contributed by atoms with Gasteiger partial charge in [0.25, 0.3) is 0 Å². The van der Waals surface area contributed by atoms with Crippen LogP contribution in [0.1, 0.15) is 12.5 Å². The lowest BCUT2D eigenvalue weighted by Gasteiger charge is -2.07. The van der Waals surface area contributed by atoms with Crippen LogP contribution < -0.4 is 10.5 Å². The van der Waals surface area contributed by atoms with E-state index in [2.05, 4.69) is 16.9 Å². The Morgan fingerprint density at radius 3 is 3.00 bits per heavy atom. The van der Waals surface area contributed by atoms with Gasteiger partial charge in [0, 0.05) is 12.4 Å². The molecule has 0 bridgehead atoms. The Morgan fingerprint density at radius 1 is 1.38 bits per heavy atom. The Hall–Kier alpha value is -2.10. The molecular weight excluding hydrogens is 202 g/mol. The summed E-state index contributed by atoms with van der Waals surface area (Å²) >= 11 is 0. The van der Waals surface area contributed by atoms with E-state index in [0.717, 1.165) is 12.0 Å². The summed E-state index contributed by atoms with van der Waals surface area (Å²) in [4.78, 5) is 8.05. The van der Waals surface area contributed by atoms with Gasteiger partial charge < -0.3 is 10.5 Å². The monoisotopic (exact) mass is 215 g/mol. The summed E-state index contributed by atoms with van der Waals surface area (Å²) in [5.41, 5.74) is 6.81. The zero-order valence-electron chi connectivity index (χ0n) is 9.05. The van der Waals surface area contributed by atoms with Crippen molar-refractivity contribution in [2.45, 2.75) is 13.3 Å². The molecule has 2 heterocycles. The molecule has 2 aromatic heterocycles. The summed E-state index contributed by atoms with van der Waals surface area (Å²) < 4.78 is 5.60. The molecule has 4 nitrogen and oxygen atoms in total. The van der Waals surface area contributed by atoms with Crippen LogP contribution >= 0.6 is 0 Å². The van der Waals surface area contributed by atoms with Crippen molar-refractivity contribution < 1.29 is 4.74 Å². The Balaban J connectivity index is 2.24. The molecule has 0 saturated carbocycles. The minimum Gasteiger partial charge on any atom is -0.452 e. The summed E-state index contributed by atoms with van der Waals surface area (Å²) in [6.07, 6.45) is 6.03. The first-order valence-electron chi connectivity index (χ1n) is 5.12. The van der Waals surface area contributed by atoms with Crippen molar-refractivity contribution in [3.8, 4) is 11.5 Å². The van der Waals surface area contributed by atoms with Crippen LogP contribution in [-0.2, 0) is 6.42 Å². The van der Waals surface area contributed by atoms with Crippen LogP contribution in [0.5, 0.6) is 11.5 Å². The third kappa shape index (κ3) is 2.28. The number of nitrogens with zero attached hydrogens (tertiary/aromatic N) is 2. The minimum atomic E-state index is 0.379. The van der Waals surface area contributed by atoms with Crippen LogP contribution in [-0.4, -0.2) is 9.97 Å². The maximum absolute atomic E-state index is 5.68. The van der Waals surface area contributed by atoms with Crippen LogP contribution in [0, 0.1) is 0 Å². The van der Waals surface area contributed by atoms with E-state index in [-0.39, 0.29) is 0 Å². The van der Waals surface area contributed by atoms with E-state index in [4.69, 9.17) is 10.5 Å². The molecule has 82 valence electrons. The van der Waals surface area contributed by atoms with Gasteiger partial charge in [0.05, 0.1) is 6.20 Å². The highest BCUT2D eigenvalue weighted by atomic mass is 16.5. The molecule has 0 aromatic carbocycles. The molecule has 0 saturated heterocycles. The van der Waals surface area contributed by atoms with Crippen LogP contribution in [0.2, 0.25) is 0 Å². The van der Waals surface area contributed by atoms with Gasteiger partial charge in [-0.25, -0.2) is 4.98 Å². The molecule has 0 aliphatic carbocycles. The minimum absolute atomic E-state index is 0.379. The first kappa shape index (κ1) is 10.4. The molecule has 0 fully saturated rings. The Kier molecular flexibility index (Phi) is 3.00. The normalized spacial score (nSPS) is 10.1. The second-order valence-electron chi connectivity index (χ2n) is 3.37. The van der Waals surface area contributed by atoms with Gasteiger partial charge in [-0.05, 0) is 30.2 Å². The molecule has 0 atom stereocenters. The summed E-state index contributed by atoms with van der Waals surface area (Å²) in [6, 6.07) is 5.50. The van der Waals surface area contributed by atoms with Gasteiger partial charge in [-0.2, -0.15) is 0 Å². The summed E-state index contributed by atoms with van der Waals surface area (Å²) in [5.74, 6) is 1.61. The summed E-state index contributed by atoms with van der Waals surface area (Å²) in [5, 5.41) is 0. The molecule has 4 heteroatoms. The van der Waals surface area contributed by atoms with Gasteiger partial charge >= 0.3 is 0 Å². The van der Waals surface area contributed by atoms with E-state index in [1.54, 1.807) is 24.5 Å². The van der Waals surface area contributed by atoms with Crippen LogP contribution in [0.25, 0.3) is 0 Å². The first-order valence-corrected chi connectivity index (χ1v) is 5.12. The van der Waals surface area contributed by atoms with Crippen molar-refractivity contribution >= 4 is 5.82 Å². The zero-order valence-corrected chi connectivity index (χ0v) is 9.05. The second-order valence-corrected chi connectivity index (χ2v) is 3.37. The summed E-state index contributed by atoms with van der Waals surface area (Å²) in [7, 11) is 0. The fourth-order valence-electron chi connectivity index (χ4n) is 1.33. The number of hydrogen-bond acceptors (Lipinski definition) is 4. The van der Waals surface area contributed by atoms with Crippen LogP contribution in [0.15, 0.2) is 36.8 Å². The highest BCUT2D eigenvalue weighted by Crippen LogP contribution is 2.25. The molecule has 0 radical (unpaired) electrons. The Morgan fingerprint density at radius 2 is 2.25 bits per heavy atom. The predicted molar refractivity (Wildman–Crippen MR) is 62.3 cm³/mol. The van der Waals surface area contributed by atoms with Crippen molar-refractivity contribution in [1.82, 2.24) is 9.97 Å². The fourth-order valence-corrected chi connectivity index (χ4v) is 1.33. The molecule has 0 unspecified atom stereocenters. The average molecular weight is 215 g/mol. The third-order valence-electron chi connectivity index (χ3n) is 2.21. The topological polar surface area (TPSA) is 61.0 Å². The molecular formula is C12H13N3O. The number of hydrogen-bond donors (Lipinski definition) is 1. The van der Waals surface area contributed by atoms with E-state index in [9.17, 15) is 0 Å². The molecule has 2 aromatic rings. The molecule has 0 aliphatic rings. The van der Waals surface area contributed by atoms with E-state index in [1.165, 1.54) is 0 Å². The van der Waals surface area contributed by atoms with Crippen molar-refractivity contribution in [2.24, 2.45) is 0 Å². The van der Waals surface area contributed by atoms with Gasteiger partial charge in [0.2, 0.25) is 0 Å². The molecule has 2 N–H and O–H groups in total. The maximum atomic E-state index is 5.68. The largest absolute Gasteiger partial charge is 0.452 e. The highest BCUT2D eigenvalue weighted by Gasteiger charge is 2.02. The van der Waals surface area contributed by atoms with E-state index >= 15 is 0 Å². The average Bonchev–Trinajstić information content (AvgIpc) is 2.32. The third-order valence-corrected chi connectivity index (χ3v) is 2.21. The predicted octanol–water partition coefficient (Wildman–Crippen LogP) is 2.41. The molecule has 16 heavy (non-hydrogen) atoms. The number of nitrogen functional groups attached to an aromatic ring is 1. The Bertz CT molecular complexity index is 485. The quantitative estimate of drug-likeness (QED) is 0.854. The number of pyridine rings is 2. The fraction of sp³-hybridized carbons (Fsp3) is 0.167. The van der Waals surface area contributed by atoms with Gasteiger partial charge in [-0.1, -0.05) is 6.92 Å². The van der Waals surface area contributed by atoms with E-state index < -0.39 is 0 Å². The summed E-state index contributed by atoms with van der Waals surface area (Å²) in [6.45, 7) is 2.07.